The second-order valence-electron chi connectivity index (χ2n) is 4.01. The summed E-state index contributed by atoms with van der Waals surface area (Å²) >= 11 is 0. The Morgan fingerprint density at radius 3 is 2.83 bits per heavy atom. The lowest BCUT2D eigenvalue weighted by Gasteiger charge is -2.11. The van der Waals surface area contributed by atoms with E-state index in [1.54, 1.807) is 6.07 Å². The fourth-order valence-corrected chi connectivity index (χ4v) is 1.87. The molecule has 4 heteroatoms. The molecule has 0 spiro atoms. The van der Waals surface area contributed by atoms with Gasteiger partial charge in [0.25, 0.3) is 0 Å². The van der Waals surface area contributed by atoms with Crippen molar-refractivity contribution >= 4 is 16.8 Å². The average molecular weight is 250 g/mol. The molecule has 0 saturated heterocycles. The Balaban J connectivity index is 2.32. The van der Waals surface area contributed by atoms with Crippen LogP contribution in [0.25, 0.3) is 11.0 Å². The molecular weight excluding hydrogens is 235 g/mol. The van der Waals surface area contributed by atoms with Crippen LogP contribution in [-0.4, -0.2) is 18.5 Å². The number of furan rings is 1. The van der Waals surface area contributed by atoms with Gasteiger partial charge in [-0.2, -0.15) is 0 Å². The molecule has 0 aliphatic carbocycles. The summed E-state index contributed by atoms with van der Waals surface area (Å²) in [5.41, 5.74) is 0.506. The van der Waals surface area contributed by atoms with Gasteiger partial charge in [0.15, 0.2) is 5.76 Å². The number of ketones is 1. The van der Waals surface area contributed by atoms with Crippen LogP contribution in [0.1, 0.15) is 30.8 Å². The fraction of sp³-hybridized carbons (Fsp3) is 0.357. The zero-order chi connectivity index (χ0) is 13.1. The fourth-order valence-electron chi connectivity index (χ4n) is 1.87. The number of fused-ring (bicyclic) bond motifs is 1. The average Bonchev–Trinajstić information content (AvgIpc) is 2.77. The molecule has 0 aliphatic heterocycles. The normalized spacial score (nSPS) is 12.8. The van der Waals surface area contributed by atoms with Gasteiger partial charge in [-0.1, -0.05) is 6.92 Å². The zero-order valence-electron chi connectivity index (χ0n) is 10.4. The van der Waals surface area contributed by atoms with Crippen LogP contribution in [0, 0.1) is 5.82 Å². The molecule has 0 radical (unpaired) electrons. The second-order valence-corrected chi connectivity index (χ2v) is 4.01. The van der Waals surface area contributed by atoms with E-state index in [-0.39, 0.29) is 17.4 Å². The van der Waals surface area contributed by atoms with E-state index in [2.05, 4.69) is 0 Å². The Hall–Kier alpha value is -1.68. The van der Waals surface area contributed by atoms with E-state index in [9.17, 15) is 9.18 Å². The molecule has 1 heterocycles. The van der Waals surface area contributed by atoms with Crippen molar-refractivity contribution in [2.45, 2.75) is 26.4 Å². The predicted octanol–water partition coefficient (Wildman–Crippen LogP) is 3.57. The molecule has 0 fully saturated rings. The number of ether oxygens (including phenoxy) is 1. The van der Waals surface area contributed by atoms with Crippen LogP contribution < -0.4 is 0 Å². The highest BCUT2D eigenvalue weighted by Crippen LogP contribution is 2.22. The molecule has 96 valence electrons. The van der Waals surface area contributed by atoms with Gasteiger partial charge < -0.3 is 9.15 Å². The minimum absolute atomic E-state index is 0.198. The first-order valence-electron chi connectivity index (χ1n) is 6.00. The summed E-state index contributed by atoms with van der Waals surface area (Å²) in [6.45, 7) is 4.18. The van der Waals surface area contributed by atoms with Gasteiger partial charge in [-0.25, -0.2) is 4.39 Å². The van der Waals surface area contributed by atoms with E-state index in [0.717, 1.165) is 0 Å². The lowest BCUT2D eigenvalue weighted by Crippen LogP contribution is -2.23. The van der Waals surface area contributed by atoms with Crippen LogP contribution in [-0.2, 0) is 4.74 Å². The van der Waals surface area contributed by atoms with Gasteiger partial charge in [-0.05, 0) is 37.6 Å². The van der Waals surface area contributed by atoms with Crippen molar-refractivity contribution in [2.75, 3.05) is 6.61 Å². The number of hydrogen-bond acceptors (Lipinski definition) is 3. The lowest BCUT2D eigenvalue weighted by atomic mass is 10.1. The van der Waals surface area contributed by atoms with Gasteiger partial charge in [0.1, 0.15) is 17.5 Å². The summed E-state index contributed by atoms with van der Waals surface area (Å²) in [7, 11) is 0. The maximum atomic E-state index is 13.0. The van der Waals surface area contributed by atoms with Crippen molar-refractivity contribution in [1.82, 2.24) is 0 Å². The zero-order valence-corrected chi connectivity index (χ0v) is 10.4. The first-order valence-corrected chi connectivity index (χ1v) is 6.00. The monoisotopic (exact) mass is 250 g/mol. The number of Topliss-reactive ketones (excluding diaryl/α,β-unsaturated/α-hetero) is 1. The van der Waals surface area contributed by atoms with Crippen molar-refractivity contribution in [3.8, 4) is 0 Å². The first kappa shape index (κ1) is 12.8. The Kier molecular flexibility index (Phi) is 3.77. The largest absolute Gasteiger partial charge is 0.453 e. The van der Waals surface area contributed by atoms with Crippen LogP contribution in [0.4, 0.5) is 4.39 Å². The minimum atomic E-state index is -0.500. The molecule has 1 unspecified atom stereocenters. The van der Waals surface area contributed by atoms with Crippen molar-refractivity contribution in [1.29, 1.82) is 0 Å². The van der Waals surface area contributed by atoms with Gasteiger partial charge in [-0.15, -0.1) is 0 Å². The third-order valence-corrected chi connectivity index (χ3v) is 2.75. The maximum absolute atomic E-state index is 13.0. The quantitative estimate of drug-likeness (QED) is 0.761. The maximum Gasteiger partial charge on any atom is 0.226 e. The summed E-state index contributed by atoms with van der Waals surface area (Å²) in [6, 6.07) is 5.72. The van der Waals surface area contributed by atoms with E-state index in [0.29, 0.717) is 24.0 Å². The molecule has 1 atom stereocenters. The topological polar surface area (TPSA) is 39.4 Å². The standard InChI is InChI=1S/C14H15FO3/c1-3-11(17-4-2)14(16)13-8-9-7-10(15)5-6-12(9)18-13/h5-8,11H,3-4H2,1-2H3. The number of halogens is 1. The molecule has 3 nitrogen and oxygen atoms in total. The van der Waals surface area contributed by atoms with Gasteiger partial charge in [-0.3, -0.25) is 4.79 Å². The molecule has 0 N–H and O–H groups in total. The third-order valence-electron chi connectivity index (χ3n) is 2.75. The molecule has 0 amide bonds. The molecule has 0 bridgehead atoms. The lowest BCUT2D eigenvalue weighted by molar-refractivity contribution is 0.0421. The van der Waals surface area contributed by atoms with Crippen LogP contribution in [0.15, 0.2) is 28.7 Å². The Labute approximate surface area is 105 Å². The SMILES string of the molecule is CCOC(CC)C(=O)c1cc2cc(F)ccc2o1. The van der Waals surface area contributed by atoms with Crippen molar-refractivity contribution in [2.24, 2.45) is 0 Å². The molecule has 2 aromatic rings. The highest BCUT2D eigenvalue weighted by atomic mass is 19.1. The van der Waals surface area contributed by atoms with Crippen LogP contribution >= 0.6 is 0 Å². The van der Waals surface area contributed by atoms with Crippen molar-refractivity contribution in [3.05, 3.63) is 35.8 Å². The molecule has 1 aromatic carbocycles. The van der Waals surface area contributed by atoms with Crippen LogP contribution in [0.2, 0.25) is 0 Å². The summed E-state index contributed by atoms with van der Waals surface area (Å²) in [5.74, 6) is -0.328. The number of carbonyl (C=O) groups excluding carboxylic acids is 1. The van der Waals surface area contributed by atoms with Crippen molar-refractivity contribution in [3.63, 3.8) is 0 Å². The van der Waals surface area contributed by atoms with E-state index in [4.69, 9.17) is 9.15 Å². The summed E-state index contributed by atoms with van der Waals surface area (Å²) in [4.78, 5) is 12.1. The Morgan fingerprint density at radius 2 is 2.17 bits per heavy atom. The molecule has 18 heavy (non-hydrogen) atoms. The van der Waals surface area contributed by atoms with Crippen LogP contribution in [0.3, 0.4) is 0 Å². The number of benzene rings is 1. The first-order chi connectivity index (χ1) is 8.65. The highest BCUT2D eigenvalue weighted by molar-refractivity contribution is 6.00. The smallest absolute Gasteiger partial charge is 0.226 e. The Bertz CT molecular complexity index is 559. The predicted molar refractivity (Wildman–Crippen MR) is 66.2 cm³/mol. The molecule has 0 aliphatic rings. The number of carbonyl (C=O) groups is 1. The molecule has 0 saturated carbocycles. The highest BCUT2D eigenvalue weighted by Gasteiger charge is 2.22. The van der Waals surface area contributed by atoms with Gasteiger partial charge in [0.05, 0.1) is 0 Å². The molecule has 2 rings (SSSR count). The van der Waals surface area contributed by atoms with E-state index in [1.165, 1.54) is 18.2 Å². The minimum Gasteiger partial charge on any atom is -0.453 e. The van der Waals surface area contributed by atoms with Gasteiger partial charge in [0, 0.05) is 12.0 Å². The third kappa shape index (κ3) is 2.43. The Morgan fingerprint density at radius 1 is 1.39 bits per heavy atom. The van der Waals surface area contributed by atoms with Crippen LogP contribution in [0.5, 0.6) is 0 Å². The van der Waals surface area contributed by atoms with Gasteiger partial charge in [0.2, 0.25) is 5.78 Å². The van der Waals surface area contributed by atoms with E-state index in [1.807, 2.05) is 13.8 Å². The summed E-state index contributed by atoms with van der Waals surface area (Å²) in [5, 5.41) is 0.588. The number of rotatable bonds is 5. The van der Waals surface area contributed by atoms with Crippen molar-refractivity contribution < 1.29 is 18.3 Å². The summed E-state index contributed by atoms with van der Waals surface area (Å²) < 4.78 is 23.8. The molecular formula is C14H15FO3. The number of hydrogen-bond donors (Lipinski definition) is 0. The van der Waals surface area contributed by atoms with Gasteiger partial charge >= 0.3 is 0 Å². The molecule has 1 aromatic heterocycles. The summed E-state index contributed by atoms with van der Waals surface area (Å²) in [6.07, 6.45) is 0.0818. The second kappa shape index (κ2) is 5.31. The van der Waals surface area contributed by atoms with E-state index < -0.39 is 6.10 Å². The van der Waals surface area contributed by atoms with E-state index >= 15 is 0 Å².